The lowest BCUT2D eigenvalue weighted by Crippen LogP contribution is -2.45. The van der Waals surface area contributed by atoms with Crippen molar-refractivity contribution >= 4 is 17.5 Å². The Morgan fingerprint density at radius 1 is 1.19 bits per heavy atom. The van der Waals surface area contributed by atoms with Crippen LogP contribution in [0, 0.1) is 6.92 Å². The molecule has 0 bridgehead atoms. The van der Waals surface area contributed by atoms with E-state index in [0.717, 1.165) is 17.8 Å². The molecule has 0 aromatic heterocycles. The third-order valence-electron chi connectivity index (χ3n) is 2.71. The molecule has 0 unspecified atom stereocenters. The summed E-state index contributed by atoms with van der Waals surface area (Å²) in [5, 5.41) is 8.61. The van der Waals surface area contributed by atoms with E-state index in [1.165, 1.54) is 0 Å². The first-order valence-corrected chi connectivity index (χ1v) is 7.16. The second kappa shape index (κ2) is 7.11. The van der Waals surface area contributed by atoms with Crippen LogP contribution in [0.2, 0.25) is 0 Å². The number of carbonyl (C=O) groups excluding carboxylic acids is 2. The van der Waals surface area contributed by atoms with Crippen molar-refractivity contribution in [1.82, 2.24) is 10.6 Å². The minimum Gasteiger partial charge on any atom is -0.385 e. The van der Waals surface area contributed by atoms with Crippen LogP contribution in [0.1, 0.15) is 43.6 Å². The van der Waals surface area contributed by atoms with Crippen molar-refractivity contribution in [3.05, 3.63) is 29.3 Å². The molecule has 5 heteroatoms. The third kappa shape index (κ3) is 5.85. The van der Waals surface area contributed by atoms with Crippen LogP contribution in [-0.2, 0) is 4.79 Å². The molecule has 1 aromatic rings. The second-order valence-electron chi connectivity index (χ2n) is 6.06. The van der Waals surface area contributed by atoms with Crippen molar-refractivity contribution in [3.63, 3.8) is 0 Å². The first kappa shape index (κ1) is 17.0. The van der Waals surface area contributed by atoms with Gasteiger partial charge in [0, 0.05) is 17.8 Å². The van der Waals surface area contributed by atoms with Crippen molar-refractivity contribution in [2.75, 3.05) is 18.4 Å². The highest BCUT2D eigenvalue weighted by molar-refractivity contribution is 6.01. The number of anilines is 1. The van der Waals surface area contributed by atoms with Crippen LogP contribution in [0.4, 0.5) is 5.69 Å². The van der Waals surface area contributed by atoms with E-state index >= 15 is 0 Å². The zero-order valence-corrected chi connectivity index (χ0v) is 13.5. The third-order valence-corrected chi connectivity index (χ3v) is 2.71. The molecule has 0 atom stereocenters. The normalized spacial score (nSPS) is 10.9. The number of hydrogen-bond acceptors (Lipinski definition) is 3. The van der Waals surface area contributed by atoms with E-state index in [2.05, 4.69) is 16.0 Å². The van der Waals surface area contributed by atoms with Crippen LogP contribution in [0.25, 0.3) is 0 Å². The summed E-state index contributed by atoms with van der Waals surface area (Å²) in [5.41, 5.74) is 2.03. The molecule has 2 amide bonds. The molecule has 0 heterocycles. The Morgan fingerprint density at radius 3 is 2.43 bits per heavy atom. The molecule has 116 valence electrons. The molecule has 1 rings (SSSR count). The molecule has 21 heavy (non-hydrogen) atoms. The van der Waals surface area contributed by atoms with Crippen molar-refractivity contribution in [3.8, 4) is 0 Å². The Kier molecular flexibility index (Phi) is 5.76. The number of aryl methyl sites for hydroxylation is 1. The highest BCUT2D eigenvalue weighted by atomic mass is 16.2. The lowest BCUT2D eigenvalue weighted by Gasteiger charge is -2.20. The maximum atomic E-state index is 12.2. The molecule has 0 spiro atoms. The van der Waals surface area contributed by atoms with E-state index in [1.807, 2.05) is 52.8 Å². The molecule has 0 saturated carbocycles. The van der Waals surface area contributed by atoms with Crippen LogP contribution < -0.4 is 16.0 Å². The Hall–Kier alpha value is -2.04. The largest absolute Gasteiger partial charge is 0.385 e. The van der Waals surface area contributed by atoms with Gasteiger partial charge in [0.05, 0.1) is 12.1 Å². The van der Waals surface area contributed by atoms with Crippen LogP contribution in [-0.4, -0.2) is 30.4 Å². The van der Waals surface area contributed by atoms with E-state index < -0.39 is 0 Å². The summed E-state index contributed by atoms with van der Waals surface area (Å²) >= 11 is 0. The van der Waals surface area contributed by atoms with Gasteiger partial charge in [-0.15, -0.1) is 0 Å². The molecule has 0 aliphatic carbocycles. The number of nitrogens with one attached hydrogen (secondary N) is 3. The molecule has 3 N–H and O–H groups in total. The summed E-state index contributed by atoms with van der Waals surface area (Å²) < 4.78 is 0. The molecule has 0 fully saturated rings. The minimum atomic E-state index is -0.305. The monoisotopic (exact) mass is 291 g/mol. The summed E-state index contributed by atoms with van der Waals surface area (Å²) in [4.78, 5) is 24.0. The summed E-state index contributed by atoms with van der Waals surface area (Å²) in [7, 11) is 0. The summed E-state index contributed by atoms with van der Waals surface area (Å²) in [5.74, 6) is -0.452. The van der Waals surface area contributed by atoms with Crippen molar-refractivity contribution < 1.29 is 9.59 Å². The molecule has 5 nitrogen and oxygen atoms in total. The lowest BCUT2D eigenvalue weighted by atomic mass is 10.1. The van der Waals surface area contributed by atoms with E-state index in [-0.39, 0.29) is 23.9 Å². The minimum absolute atomic E-state index is 0.0321. The van der Waals surface area contributed by atoms with Gasteiger partial charge in [0.15, 0.2) is 0 Å². The Morgan fingerprint density at radius 2 is 1.86 bits per heavy atom. The average molecular weight is 291 g/mol. The van der Waals surface area contributed by atoms with Crippen molar-refractivity contribution in [2.24, 2.45) is 0 Å². The van der Waals surface area contributed by atoms with E-state index in [0.29, 0.717) is 5.56 Å². The van der Waals surface area contributed by atoms with E-state index in [4.69, 9.17) is 0 Å². The Balaban J connectivity index is 2.71. The maximum absolute atomic E-state index is 12.2. The van der Waals surface area contributed by atoms with Gasteiger partial charge in [-0.25, -0.2) is 0 Å². The van der Waals surface area contributed by atoms with Gasteiger partial charge in [0.25, 0.3) is 5.91 Å². The zero-order chi connectivity index (χ0) is 16.0. The lowest BCUT2D eigenvalue weighted by molar-refractivity contribution is -0.121. The number of benzene rings is 1. The quantitative estimate of drug-likeness (QED) is 0.778. The molecule has 0 aliphatic heterocycles. The Labute approximate surface area is 126 Å². The highest BCUT2D eigenvalue weighted by Gasteiger charge is 2.16. The molecule has 0 radical (unpaired) electrons. The zero-order valence-electron chi connectivity index (χ0n) is 13.5. The first-order valence-electron chi connectivity index (χ1n) is 7.16. The molecule has 1 aromatic carbocycles. The van der Waals surface area contributed by atoms with Gasteiger partial charge in [-0.05, 0) is 46.8 Å². The van der Waals surface area contributed by atoms with Crippen LogP contribution >= 0.6 is 0 Å². The Bertz CT molecular complexity index is 519. The van der Waals surface area contributed by atoms with Crippen LogP contribution in [0.3, 0.4) is 0 Å². The van der Waals surface area contributed by atoms with Gasteiger partial charge in [0.2, 0.25) is 5.91 Å². The number of hydrogen-bond donors (Lipinski definition) is 3. The fourth-order valence-corrected chi connectivity index (χ4v) is 1.91. The average Bonchev–Trinajstić information content (AvgIpc) is 2.36. The van der Waals surface area contributed by atoms with E-state index in [1.54, 1.807) is 0 Å². The second-order valence-corrected chi connectivity index (χ2v) is 6.06. The summed E-state index contributed by atoms with van der Waals surface area (Å²) in [6.07, 6.45) is 0. The number of amides is 2. The topological polar surface area (TPSA) is 70.2 Å². The smallest absolute Gasteiger partial charge is 0.253 e. The van der Waals surface area contributed by atoms with E-state index in [9.17, 15) is 9.59 Å². The molecule has 0 saturated heterocycles. The fourth-order valence-electron chi connectivity index (χ4n) is 1.91. The van der Waals surface area contributed by atoms with Gasteiger partial charge in [-0.1, -0.05) is 11.6 Å². The molecule has 0 aliphatic rings. The van der Waals surface area contributed by atoms with Gasteiger partial charge in [-0.3, -0.25) is 9.59 Å². The fraction of sp³-hybridized carbons (Fsp3) is 0.500. The maximum Gasteiger partial charge on any atom is 0.253 e. The van der Waals surface area contributed by atoms with Crippen LogP contribution in [0.15, 0.2) is 18.2 Å². The molecular formula is C16H25N3O2. The highest BCUT2D eigenvalue weighted by Crippen LogP contribution is 2.17. The predicted molar refractivity (Wildman–Crippen MR) is 85.6 cm³/mol. The number of carbonyl (C=O) groups is 2. The van der Waals surface area contributed by atoms with Gasteiger partial charge >= 0.3 is 0 Å². The van der Waals surface area contributed by atoms with Gasteiger partial charge in [-0.2, -0.15) is 0 Å². The SMILES string of the molecule is CCNc1ccc(C)cc1C(=O)NCC(=O)NC(C)(C)C. The summed E-state index contributed by atoms with van der Waals surface area (Å²) in [6, 6.07) is 5.64. The number of rotatable bonds is 5. The summed E-state index contributed by atoms with van der Waals surface area (Å²) in [6.45, 7) is 10.3. The standard InChI is InChI=1S/C16H25N3O2/c1-6-17-13-8-7-11(2)9-12(13)15(21)18-10-14(20)19-16(3,4)5/h7-9,17H,6,10H2,1-5H3,(H,18,21)(H,19,20). The van der Waals surface area contributed by atoms with Gasteiger partial charge in [0.1, 0.15) is 0 Å². The predicted octanol–water partition coefficient (Wildman–Crippen LogP) is 2.07. The van der Waals surface area contributed by atoms with Gasteiger partial charge < -0.3 is 16.0 Å². The van der Waals surface area contributed by atoms with Crippen LogP contribution in [0.5, 0.6) is 0 Å². The van der Waals surface area contributed by atoms with Crippen molar-refractivity contribution in [2.45, 2.75) is 40.2 Å². The molecular weight excluding hydrogens is 266 g/mol. The van der Waals surface area contributed by atoms with Crippen molar-refractivity contribution in [1.29, 1.82) is 0 Å². The first-order chi connectivity index (χ1) is 9.73.